The predicted octanol–water partition coefficient (Wildman–Crippen LogP) is 13.0. The standard InChI is InChI=1S/C53H46BN2O/c1-51(2,3)30-17-20-32(21-18-30)55-44-28-42-37(33-13-9-11-15-41(33)53(42,7)8)26-38(44)35-22-23-36-39-27-40-34-14-10-12-16-47(34)57-48(40)29-46(39)56-45-24-19-31(52(4,5)6)25-43(45)54-49(35)50(36)56/h9-29,55H,1-8H3. The number of hydrogen-bond acceptors (Lipinski definition) is 2. The van der Waals surface area contributed by atoms with Gasteiger partial charge in [-0.05, 0) is 97.7 Å². The molecule has 0 atom stereocenters. The number of anilines is 2. The fourth-order valence-electron chi connectivity index (χ4n) is 9.76. The maximum atomic E-state index is 6.51. The zero-order valence-corrected chi connectivity index (χ0v) is 34.1. The molecular weight excluding hydrogens is 691 g/mol. The summed E-state index contributed by atoms with van der Waals surface area (Å²) >= 11 is 0. The van der Waals surface area contributed by atoms with Gasteiger partial charge in [0, 0.05) is 61.2 Å². The zero-order valence-electron chi connectivity index (χ0n) is 34.1. The molecule has 7 aromatic carbocycles. The monoisotopic (exact) mass is 737 g/mol. The van der Waals surface area contributed by atoms with Gasteiger partial charge in [-0.2, -0.15) is 0 Å². The van der Waals surface area contributed by atoms with Gasteiger partial charge in [0.1, 0.15) is 11.2 Å². The van der Waals surface area contributed by atoms with Crippen molar-refractivity contribution in [1.29, 1.82) is 0 Å². The molecule has 4 heteroatoms. The van der Waals surface area contributed by atoms with Crippen molar-refractivity contribution in [1.82, 2.24) is 4.57 Å². The maximum Gasteiger partial charge on any atom is 0.197 e. The molecule has 0 fully saturated rings. The second-order valence-electron chi connectivity index (χ2n) is 19.0. The molecule has 0 amide bonds. The summed E-state index contributed by atoms with van der Waals surface area (Å²) in [6, 6.07) is 47.6. The van der Waals surface area contributed by atoms with Crippen LogP contribution in [-0.2, 0) is 16.2 Å². The number of nitrogens with one attached hydrogen (secondary N) is 1. The van der Waals surface area contributed by atoms with Crippen LogP contribution < -0.4 is 16.2 Å². The van der Waals surface area contributed by atoms with Gasteiger partial charge in [-0.1, -0.05) is 140 Å². The van der Waals surface area contributed by atoms with Gasteiger partial charge >= 0.3 is 0 Å². The highest BCUT2D eigenvalue weighted by molar-refractivity contribution is 6.73. The molecule has 0 bridgehead atoms. The van der Waals surface area contributed by atoms with Gasteiger partial charge in [0.15, 0.2) is 7.28 Å². The Bertz CT molecular complexity index is 3160. The van der Waals surface area contributed by atoms with Gasteiger partial charge in [0.2, 0.25) is 0 Å². The van der Waals surface area contributed by atoms with Crippen molar-refractivity contribution in [3.05, 3.63) is 150 Å². The number of rotatable bonds is 3. The van der Waals surface area contributed by atoms with Crippen LogP contribution in [0.5, 0.6) is 0 Å². The Kier molecular flexibility index (Phi) is 6.94. The third kappa shape index (κ3) is 4.99. The topological polar surface area (TPSA) is 30.1 Å². The lowest BCUT2D eigenvalue weighted by Crippen LogP contribution is -2.38. The highest BCUT2D eigenvalue weighted by atomic mass is 16.3. The lowest BCUT2D eigenvalue weighted by Gasteiger charge is -2.27. The van der Waals surface area contributed by atoms with E-state index >= 15 is 0 Å². The van der Waals surface area contributed by atoms with E-state index in [1.807, 2.05) is 6.07 Å². The second-order valence-corrected chi connectivity index (χ2v) is 19.0. The molecule has 57 heavy (non-hydrogen) atoms. The molecule has 0 saturated heterocycles. The summed E-state index contributed by atoms with van der Waals surface area (Å²) in [7, 11) is 2.45. The molecule has 3 heterocycles. The van der Waals surface area contributed by atoms with E-state index in [1.165, 1.54) is 77.4 Å². The summed E-state index contributed by atoms with van der Waals surface area (Å²) in [6.45, 7) is 18.4. The summed E-state index contributed by atoms with van der Waals surface area (Å²) in [5.41, 5.74) is 20.5. The fraction of sp³-hybridized carbons (Fsp3) is 0.208. The maximum absolute atomic E-state index is 6.51. The highest BCUT2D eigenvalue weighted by Gasteiger charge is 2.37. The van der Waals surface area contributed by atoms with Gasteiger partial charge in [0.05, 0.1) is 5.52 Å². The number of benzene rings is 7. The molecule has 1 aliphatic carbocycles. The van der Waals surface area contributed by atoms with E-state index < -0.39 is 0 Å². The number of fused-ring (bicyclic) bond motifs is 11. The first-order valence-electron chi connectivity index (χ1n) is 20.3. The molecule has 2 aromatic heterocycles. The van der Waals surface area contributed by atoms with Crippen LogP contribution in [0.25, 0.3) is 71.7 Å². The van der Waals surface area contributed by atoms with Gasteiger partial charge in [-0.15, -0.1) is 0 Å². The van der Waals surface area contributed by atoms with Crippen LogP contribution in [0.3, 0.4) is 0 Å². The third-order valence-electron chi connectivity index (χ3n) is 12.9. The smallest absolute Gasteiger partial charge is 0.197 e. The van der Waals surface area contributed by atoms with E-state index in [-0.39, 0.29) is 16.2 Å². The van der Waals surface area contributed by atoms with Gasteiger partial charge in [0.25, 0.3) is 0 Å². The molecule has 11 rings (SSSR count). The molecule has 0 saturated carbocycles. The van der Waals surface area contributed by atoms with Crippen LogP contribution in [0.4, 0.5) is 11.4 Å². The molecule has 3 nitrogen and oxygen atoms in total. The van der Waals surface area contributed by atoms with Crippen molar-refractivity contribution < 1.29 is 4.42 Å². The number of aromatic nitrogens is 1. The Morgan fingerprint density at radius 2 is 1.30 bits per heavy atom. The number of nitrogens with zero attached hydrogens (tertiary/aromatic N) is 1. The Balaban J connectivity index is 1.20. The van der Waals surface area contributed by atoms with Crippen LogP contribution in [0.15, 0.2) is 132 Å². The summed E-state index contributed by atoms with van der Waals surface area (Å²) in [6.07, 6.45) is 0. The highest BCUT2D eigenvalue weighted by Crippen LogP contribution is 2.52. The van der Waals surface area contributed by atoms with Gasteiger partial charge in [-0.3, -0.25) is 0 Å². The zero-order chi connectivity index (χ0) is 39.2. The van der Waals surface area contributed by atoms with Gasteiger partial charge < -0.3 is 14.3 Å². The summed E-state index contributed by atoms with van der Waals surface area (Å²) < 4.78 is 9.01. The van der Waals surface area contributed by atoms with Crippen molar-refractivity contribution in [2.45, 2.75) is 71.6 Å². The minimum atomic E-state index is -0.128. The Morgan fingerprint density at radius 1 is 0.561 bits per heavy atom. The second kappa shape index (κ2) is 11.5. The lowest BCUT2D eigenvalue weighted by atomic mass is 9.58. The SMILES string of the molecule is CC(C)(C)c1ccc(Nc2cc3c(cc2-c2ccc4c5cc6c(cc5n5c4c2[B]c2cc(C(C)(C)C)ccc2-5)oc2ccccc26)-c2ccccc2C3(C)C)cc1. The van der Waals surface area contributed by atoms with Crippen LogP contribution in [-0.4, -0.2) is 11.8 Å². The number of hydrogen-bond donors (Lipinski definition) is 1. The first kappa shape index (κ1) is 34.3. The van der Waals surface area contributed by atoms with Crippen molar-refractivity contribution in [3.8, 4) is 27.9 Å². The van der Waals surface area contributed by atoms with E-state index in [0.29, 0.717) is 0 Å². The van der Waals surface area contributed by atoms with E-state index in [0.717, 1.165) is 38.8 Å². The molecule has 2 aliphatic rings. The van der Waals surface area contributed by atoms with E-state index in [4.69, 9.17) is 4.42 Å². The van der Waals surface area contributed by atoms with Crippen molar-refractivity contribution in [2.75, 3.05) is 5.32 Å². The molecule has 9 aromatic rings. The number of para-hydroxylation sites is 1. The summed E-state index contributed by atoms with van der Waals surface area (Å²) in [5.74, 6) is 0. The van der Waals surface area contributed by atoms with E-state index in [1.54, 1.807) is 0 Å². The molecule has 1 aliphatic heterocycles. The minimum absolute atomic E-state index is 0.0109. The first-order chi connectivity index (χ1) is 27.3. The van der Waals surface area contributed by atoms with E-state index in [9.17, 15) is 0 Å². The Hall–Kier alpha value is -6.00. The molecule has 0 spiro atoms. The molecule has 1 N–H and O–H groups in total. The van der Waals surface area contributed by atoms with Crippen molar-refractivity contribution >= 4 is 73.3 Å². The predicted molar refractivity (Wildman–Crippen MR) is 243 cm³/mol. The molecule has 0 unspecified atom stereocenters. The Morgan fingerprint density at radius 3 is 2.09 bits per heavy atom. The van der Waals surface area contributed by atoms with Crippen LogP contribution in [0.2, 0.25) is 0 Å². The molecular formula is C53H46BN2O. The fourth-order valence-corrected chi connectivity index (χ4v) is 9.76. The largest absolute Gasteiger partial charge is 0.456 e. The first-order valence-corrected chi connectivity index (χ1v) is 20.3. The minimum Gasteiger partial charge on any atom is -0.456 e. The van der Waals surface area contributed by atoms with E-state index in [2.05, 4.69) is 194 Å². The van der Waals surface area contributed by atoms with Crippen molar-refractivity contribution in [2.24, 2.45) is 0 Å². The Labute approximate surface area is 335 Å². The van der Waals surface area contributed by atoms with Crippen LogP contribution in [0.1, 0.15) is 77.6 Å². The van der Waals surface area contributed by atoms with Crippen molar-refractivity contribution in [3.63, 3.8) is 0 Å². The van der Waals surface area contributed by atoms with Gasteiger partial charge in [-0.25, -0.2) is 0 Å². The lowest BCUT2D eigenvalue weighted by molar-refractivity contribution is 0.590. The van der Waals surface area contributed by atoms with Crippen LogP contribution >= 0.6 is 0 Å². The number of furan rings is 1. The average molecular weight is 738 g/mol. The normalized spacial score (nSPS) is 14.2. The molecule has 1 radical (unpaired) electrons. The van der Waals surface area contributed by atoms with Crippen LogP contribution in [0, 0.1) is 0 Å². The summed E-state index contributed by atoms with van der Waals surface area (Å²) in [5, 5.41) is 8.74. The molecule has 277 valence electrons. The quantitative estimate of drug-likeness (QED) is 0.183. The third-order valence-corrected chi connectivity index (χ3v) is 12.9. The summed E-state index contributed by atoms with van der Waals surface area (Å²) in [4.78, 5) is 0. The average Bonchev–Trinajstić information content (AvgIpc) is 3.79.